The maximum atomic E-state index is 12.2. The second kappa shape index (κ2) is 5.17. The van der Waals surface area contributed by atoms with Gasteiger partial charge in [0, 0.05) is 17.0 Å². The van der Waals surface area contributed by atoms with E-state index < -0.39 is 9.84 Å². The van der Waals surface area contributed by atoms with Crippen LogP contribution in [-0.4, -0.2) is 26.1 Å². The zero-order valence-corrected chi connectivity index (χ0v) is 12.8. The Kier molecular flexibility index (Phi) is 3.65. The van der Waals surface area contributed by atoms with E-state index in [1.807, 2.05) is 0 Å². The van der Waals surface area contributed by atoms with Crippen LogP contribution in [0.4, 0.5) is 0 Å². The minimum Gasteiger partial charge on any atom is -0.350 e. The van der Waals surface area contributed by atoms with Crippen LogP contribution < -0.4 is 5.32 Å². The van der Waals surface area contributed by atoms with Gasteiger partial charge in [0.15, 0.2) is 9.84 Å². The van der Waals surface area contributed by atoms with Crippen molar-refractivity contribution < 1.29 is 13.2 Å². The molecule has 2 fully saturated rings. The molecule has 2 aliphatic carbocycles. The van der Waals surface area contributed by atoms with Crippen LogP contribution in [0.1, 0.15) is 45.4 Å². The molecular weight excluding hydrogens is 274 g/mol. The molecule has 0 aromatic carbocycles. The van der Waals surface area contributed by atoms with Crippen LogP contribution in [0, 0.1) is 17.8 Å². The van der Waals surface area contributed by atoms with Crippen molar-refractivity contribution in [2.24, 2.45) is 17.8 Å². The van der Waals surface area contributed by atoms with Gasteiger partial charge in [0.05, 0.1) is 5.75 Å². The van der Waals surface area contributed by atoms with Gasteiger partial charge in [-0.3, -0.25) is 4.79 Å². The smallest absolute Gasteiger partial charge is 0.248 e. The van der Waals surface area contributed by atoms with Gasteiger partial charge in [0.25, 0.3) is 0 Å². The van der Waals surface area contributed by atoms with E-state index in [0.717, 1.165) is 11.8 Å². The molecule has 112 valence electrons. The Labute approximate surface area is 120 Å². The standard InChI is InChI=1S/C15H23NO3S/c1-10(14-8-11-4-5-12(14)7-11)16-15(17)13-3-2-6-20(18,19)9-13/h9-12,14H,2-8H2,1H3,(H,16,17). The lowest BCUT2D eigenvalue weighted by Crippen LogP contribution is -2.41. The summed E-state index contributed by atoms with van der Waals surface area (Å²) >= 11 is 0. The molecule has 0 spiro atoms. The predicted molar refractivity (Wildman–Crippen MR) is 77.6 cm³/mol. The van der Waals surface area contributed by atoms with E-state index in [4.69, 9.17) is 0 Å². The molecule has 5 heteroatoms. The maximum absolute atomic E-state index is 12.2. The van der Waals surface area contributed by atoms with Gasteiger partial charge in [0.1, 0.15) is 0 Å². The number of hydrogen-bond acceptors (Lipinski definition) is 3. The van der Waals surface area contributed by atoms with Gasteiger partial charge in [-0.25, -0.2) is 8.42 Å². The lowest BCUT2D eigenvalue weighted by molar-refractivity contribution is -0.118. The van der Waals surface area contributed by atoms with E-state index in [0.29, 0.717) is 24.3 Å². The minimum atomic E-state index is -3.16. The lowest BCUT2D eigenvalue weighted by Gasteiger charge is -2.29. The third kappa shape index (κ3) is 2.78. The van der Waals surface area contributed by atoms with Gasteiger partial charge in [-0.2, -0.15) is 0 Å². The molecule has 2 saturated carbocycles. The summed E-state index contributed by atoms with van der Waals surface area (Å²) in [5.41, 5.74) is 0.436. The van der Waals surface area contributed by atoms with E-state index in [1.165, 1.54) is 31.1 Å². The number of carbonyl (C=O) groups is 1. The highest BCUT2D eigenvalue weighted by atomic mass is 32.2. The highest BCUT2D eigenvalue weighted by molar-refractivity contribution is 7.94. The third-order valence-electron chi connectivity index (χ3n) is 5.28. The van der Waals surface area contributed by atoms with Crippen molar-refractivity contribution in [3.05, 3.63) is 11.0 Å². The molecule has 1 amide bonds. The highest BCUT2D eigenvalue weighted by Gasteiger charge is 2.42. The number of amides is 1. The number of rotatable bonds is 3. The Bertz CT molecular complexity index is 537. The zero-order chi connectivity index (χ0) is 14.3. The fourth-order valence-corrected chi connectivity index (χ4v) is 5.60. The first-order valence-electron chi connectivity index (χ1n) is 7.69. The maximum Gasteiger partial charge on any atom is 0.248 e. The zero-order valence-electron chi connectivity index (χ0n) is 12.0. The van der Waals surface area contributed by atoms with E-state index in [2.05, 4.69) is 12.2 Å². The van der Waals surface area contributed by atoms with Crippen molar-refractivity contribution in [2.45, 2.75) is 51.5 Å². The largest absolute Gasteiger partial charge is 0.350 e. The fraction of sp³-hybridized carbons (Fsp3) is 0.800. The monoisotopic (exact) mass is 297 g/mol. The molecule has 0 radical (unpaired) electrons. The second-order valence-corrected chi connectivity index (χ2v) is 8.68. The second-order valence-electron chi connectivity index (χ2n) is 6.71. The first kappa shape index (κ1) is 14.1. The van der Waals surface area contributed by atoms with Crippen molar-refractivity contribution in [3.63, 3.8) is 0 Å². The van der Waals surface area contributed by atoms with Crippen LogP contribution in [0.15, 0.2) is 11.0 Å². The molecule has 0 aromatic heterocycles. The molecule has 0 aromatic rings. The third-order valence-corrected chi connectivity index (χ3v) is 6.78. The summed E-state index contributed by atoms with van der Waals surface area (Å²) in [6.07, 6.45) is 6.34. The number of sulfone groups is 1. The molecule has 20 heavy (non-hydrogen) atoms. The first-order valence-corrected chi connectivity index (χ1v) is 9.40. The summed E-state index contributed by atoms with van der Waals surface area (Å²) in [5.74, 6) is 2.20. The summed E-state index contributed by atoms with van der Waals surface area (Å²) in [6, 6.07) is 0.156. The van der Waals surface area contributed by atoms with Gasteiger partial charge in [0.2, 0.25) is 5.91 Å². The SMILES string of the molecule is CC(NC(=O)C1=CS(=O)(=O)CCC1)C1CC2CCC1C2. The molecule has 1 heterocycles. The molecule has 4 unspecified atom stereocenters. The number of hydrogen-bond donors (Lipinski definition) is 1. The average molecular weight is 297 g/mol. The van der Waals surface area contributed by atoms with Crippen molar-refractivity contribution in [2.75, 3.05) is 5.75 Å². The molecule has 3 aliphatic rings. The molecule has 4 atom stereocenters. The van der Waals surface area contributed by atoms with Gasteiger partial charge in [-0.1, -0.05) is 6.42 Å². The number of fused-ring (bicyclic) bond motifs is 2. The van der Waals surface area contributed by atoms with Crippen molar-refractivity contribution in [1.82, 2.24) is 5.32 Å². The topological polar surface area (TPSA) is 63.2 Å². The minimum absolute atomic E-state index is 0.156. The van der Waals surface area contributed by atoms with Crippen molar-refractivity contribution >= 4 is 15.7 Å². The molecular formula is C15H23NO3S. The fourth-order valence-electron chi connectivity index (χ4n) is 4.28. The average Bonchev–Trinajstić information content (AvgIpc) is 2.99. The molecule has 2 bridgehead atoms. The van der Waals surface area contributed by atoms with Crippen LogP contribution in [0.3, 0.4) is 0 Å². The molecule has 0 saturated heterocycles. The summed E-state index contributed by atoms with van der Waals surface area (Å²) in [4.78, 5) is 12.2. The van der Waals surface area contributed by atoms with E-state index in [1.54, 1.807) is 0 Å². The molecule has 3 rings (SSSR count). The van der Waals surface area contributed by atoms with Gasteiger partial charge in [-0.05, 0) is 56.8 Å². The Hall–Kier alpha value is -0.840. The Balaban J connectivity index is 1.63. The van der Waals surface area contributed by atoms with Crippen LogP contribution in [0.2, 0.25) is 0 Å². The number of carbonyl (C=O) groups excluding carboxylic acids is 1. The molecule has 1 N–H and O–H groups in total. The van der Waals surface area contributed by atoms with Crippen molar-refractivity contribution in [3.8, 4) is 0 Å². The first-order chi connectivity index (χ1) is 9.44. The van der Waals surface area contributed by atoms with Gasteiger partial charge < -0.3 is 5.32 Å². The Morgan fingerprint density at radius 1 is 1.35 bits per heavy atom. The predicted octanol–water partition coefficient (Wildman–Crippen LogP) is 2.02. The summed E-state index contributed by atoms with van der Waals surface area (Å²) in [7, 11) is -3.16. The Morgan fingerprint density at radius 2 is 2.15 bits per heavy atom. The van der Waals surface area contributed by atoms with E-state index in [9.17, 15) is 13.2 Å². The van der Waals surface area contributed by atoms with Crippen LogP contribution in [-0.2, 0) is 14.6 Å². The van der Waals surface area contributed by atoms with Gasteiger partial charge >= 0.3 is 0 Å². The molecule has 4 nitrogen and oxygen atoms in total. The summed E-state index contributed by atoms with van der Waals surface area (Å²) in [6.45, 7) is 2.07. The molecule has 1 aliphatic heterocycles. The number of nitrogens with one attached hydrogen (secondary N) is 1. The van der Waals surface area contributed by atoms with Crippen LogP contribution in [0.5, 0.6) is 0 Å². The van der Waals surface area contributed by atoms with Crippen LogP contribution in [0.25, 0.3) is 0 Å². The normalized spacial score (nSPS) is 36.5. The van der Waals surface area contributed by atoms with Crippen molar-refractivity contribution in [1.29, 1.82) is 0 Å². The Morgan fingerprint density at radius 3 is 2.75 bits per heavy atom. The lowest BCUT2D eigenvalue weighted by atomic mass is 9.84. The van der Waals surface area contributed by atoms with E-state index >= 15 is 0 Å². The highest BCUT2D eigenvalue weighted by Crippen LogP contribution is 2.49. The van der Waals surface area contributed by atoms with Crippen LogP contribution >= 0.6 is 0 Å². The van der Waals surface area contributed by atoms with Gasteiger partial charge in [-0.15, -0.1) is 0 Å². The summed E-state index contributed by atoms with van der Waals surface area (Å²) < 4.78 is 23.1. The van der Waals surface area contributed by atoms with E-state index in [-0.39, 0.29) is 17.7 Å². The quantitative estimate of drug-likeness (QED) is 0.867. The summed E-state index contributed by atoms with van der Waals surface area (Å²) in [5, 5.41) is 4.22.